The number of carbonyl (C=O) groups is 1. The number of nitrogens with one attached hydrogen (secondary N) is 2. The summed E-state index contributed by atoms with van der Waals surface area (Å²) in [4.78, 5) is 27.1. The number of amides is 1. The minimum Gasteiger partial charge on any atom is -0.331 e. The zero-order valence-electron chi connectivity index (χ0n) is 15.9. The number of thiazole rings is 1. The standard InChI is InChI=1S/C22H15ClN4O3S/c23-16-2-1-3-18(12-16)25-22-26-20(13-31-22)14-4-8-17(9-5-14)24-21(28)15-6-10-19(11-7-15)27(29)30/h1-13H,(H,24,28)(H,25,26). The van der Waals surface area contributed by atoms with E-state index in [0.717, 1.165) is 22.1 Å². The Balaban J connectivity index is 1.42. The minimum atomic E-state index is -0.505. The van der Waals surface area contributed by atoms with Gasteiger partial charge >= 0.3 is 0 Å². The highest BCUT2D eigenvalue weighted by Gasteiger charge is 2.10. The van der Waals surface area contributed by atoms with E-state index in [4.69, 9.17) is 11.6 Å². The lowest BCUT2D eigenvalue weighted by Gasteiger charge is -2.06. The molecule has 3 aromatic carbocycles. The fourth-order valence-electron chi connectivity index (χ4n) is 2.82. The first-order valence-corrected chi connectivity index (χ1v) is 10.4. The molecule has 4 rings (SSSR count). The zero-order valence-corrected chi connectivity index (χ0v) is 17.5. The molecule has 0 spiro atoms. The van der Waals surface area contributed by atoms with E-state index < -0.39 is 4.92 Å². The summed E-state index contributed by atoms with van der Waals surface area (Å²) in [5, 5.41) is 20.1. The van der Waals surface area contributed by atoms with E-state index >= 15 is 0 Å². The molecule has 9 heteroatoms. The van der Waals surface area contributed by atoms with Crippen LogP contribution in [-0.4, -0.2) is 15.8 Å². The Morgan fingerprint density at radius 2 is 1.74 bits per heavy atom. The summed E-state index contributed by atoms with van der Waals surface area (Å²) in [7, 11) is 0. The minimum absolute atomic E-state index is 0.0617. The molecule has 0 aliphatic heterocycles. The van der Waals surface area contributed by atoms with E-state index in [-0.39, 0.29) is 11.6 Å². The van der Waals surface area contributed by atoms with Crippen LogP contribution in [0.2, 0.25) is 5.02 Å². The predicted octanol–water partition coefficient (Wildman–Crippen LogP) is 6.37. The first-order chi connectivity index (χ1) is 15.0. The number of hydrogen-bond acceptors (Lipinski definition) is 6. The number of nitro benzene ring substituents is 1. The number of anilines is 3. The van der Waals surface area contributed by atoms with Crippen molar-refractivity contribution in [1.82, 2.24) is 4.98 Å². The van der Waals surface area contributed by atoms with Crippen LogP contribution in [0.3, 0.4) is 0 Å². The van der Waals surface area contributed by atoms with E-state index in [1.54, 1.807) is 12.1 Å². The third kappa shape index (κ3) is 5.06. The van der Waals surface area contributed by atoms with Crippen LogP contribution in [0.5, 0.6) is 0 Å². The fourth-order valence-corrected chi connectivity index (χ4v) is 3.75. The molecule has 0 saturated carbocycles. The summed E-state index contributed by atoms with van der Waals surface area (Å²) < 4.78 is 0. The topological polar surface area (TPSA) is 97.2 Å². The number of non-ortho nitro benzene ring substituents is 1. The fraction of sp³-hybridized carbons (Fsp3) is 0. The van der Waals surface area contributed by atoms with E-state index in [1.807, 2.05) is 41.8 Å². The lowest BCUT2D eigenvalue weighted by molar-refractivity contribution is -0.384. The van der Waals surface area contributed by atoms with E-state index in [9.17, 15) is 14.9 Å². The average Bonchev–Trinajstić information content (AvgIpc) is 3.23. The van der Waals surface area contributed by atoms with Gasteiger partial charge in [-0.1, -0.05) is 29.8 Å². The summed E-state index contributed by atoms with van der Waals surface area (Å²) in [6.07, 6.45) is 0. The number of nitro groups is 1. The normalized spacial score (nSPS) is 10.5. The third-order valence-corrected chi connectivity index (χ3v) is 5.35. The number of rotatable bonds is 6. The van der Waals surface area contributed by atoms with Crippen molar-refractivity contribution < 1.29 is 9.72 Å². The molecule has 1 aromatic heterocycles. The van der Waals surface area contributed by atoms with Gasteiger partial charge in [-0.05, 0) is 42.5 Å². The number of benzene rings is 3. The van der Waals surface area contributed by atoms with Crippen molar-refractivity contribution in [3.8, 4) is 11.3 Å². The molecular weight excluding hydrogens is 436 g/mol. The maximum Gasteiger partial charge on any atom is 0.269 e. The molecule has 0 fully saturated rings. The third-order valence-electron chi connectivity index (χ3n) is 4.36. The lowest BCUT2D eigenvalue weighted by atomic mass is 10.1. The van der Waals surface area contributed by atoms with Gasteiger partial charge in [0.05, 0.1) is 10.6 Å². The van der Waals surface area contributed by atoms with Crippen LogP contribution in [0.4, 0.5) is 22.2 Å². The summed E-state index contributed by atoms with van der Waals surface area (Å²) in [6.45, 7) is 0. The van der Waals surface area contributed by atoms with Crippen LogP contribution >= 0.6 is 22.9 Å². The van der Waals surface area contributed by atoms with Crippen molar-refractivity contribution in [2.75, 3.05) is 10.6 Å². The smallest absolute Gasteiger partial charge is 0.269 e. The molecule has 0 atom stereocenters. The second kappa shape index (κ2) is 8.95. The van der Waals surface area contributed by atoms with E-state index in [1.165, 1.54) is 35.6 Å². The molecule has 2 N–H and O–H groups in total. The van der Waals surface area contributed by atoms with Crippen LogP contribution in [0.15, 0.2) is 78.2 Å². The maximum absolute atomic E-state index is 12.3. The summed E-state index contributed by atoms with van der Waals surface area (Å²) >= 11 is 7.48. The Morgan fingerprint density at radius 1 is 1.00 bits per heavy atom. The number of nitrogens with zero attached hydrogens (tertiary/aromatic N) is 2. The van der Waals surface area contributed by atoms with Crippen LogP contribution in [0.25, 0.3) is 11.3 Å². The molecule has 0 saturated heterocycles. The average molecular weight is 451 g/mol. The molecule has 31 heavy (non-hydrogen) atoms. The molecule has 0 unspecified atom stereocenters. The van der Waals surface area contributed by atoms with Crippen LogP contribution in [0, 0.1) is 10.1 Å². The largest absolute Gasteiger partial charge is 0.331 e. The quantitative estimate of drug-likeness (QED) is 0.263. The Hall–Kier alpha value is -3.75. The number of halogens is 1. The van der Waals surface area contributed by atoms with Gasteiger partial charge in [0, 0.05) is 45.0 Å². The summed E-state index contributed by atoms with van der Waals surface area (Å²) in [5.41, 5.74) is 3.46. The van der Waals surface area contributed by atoms with Crippen molar-refractivity contribution in [3.63, 3.8) is 0 Å². The van der Waals surface area contributed by atoms with Crippen LogP contribution in [-0.2, 0) is 0 Å². The van der Waals surface area contributed by atoms with Crippen molar-refractivity contribution in [2.45, 2.75) is 0 Å². The molecule has 0 aliphatic rings. The lowest BCUT2D eigenvalue weighted by Crippen LogP contribution is -2.11. The second-order valence-corrected chi connectivity index (χ2v) is 7.80. The molecule has 1 amide bonds. The van der Waals surface area contributed by atoms with Gasteiger partial charge in [-0.2, -0.15) is 0 Å². The number of hydrogen-bond donors (Lipinski definition) is 2. The predicted molar refractivity (Wildman–Crippen MR) is 123 cm³/mol. The molecule has 4 aromatic rings. The van der Waals surface area contributed by atoms with Gasteiger partial charge < -0.3 is 10.6 Å². The van der Waals surface area contributed by atoms with Crippen molar-refractivity contribution in [3.05, 3.63) is 98.9 Å². The highest BCUT2D eigenvalue weighted by molar-refractivity contribution is 7.14. The molecule has 0 aliphatic carbocycles. The van der Waals surface area contributed by atoms with Crippen molar-refractivity contribution >= 4 is 51.0 Å². The molecular formula is C22H15ClN4O3S. The number of carbonyl (C=O) groups excluding carboxylic acids is 1. The Bertz CT molecular complexity index is 1240. The second-order valence-electron chi connectivity index (χ2n) is 6.51. The molecule has 7 nitrogen and oxygen atoms in total. The van der Waals surface area contributed by atoms with Gasteiger partial charge in [-0.3, -0.25) is 14.9 Å². The van der Waals surface area contributed by atoms with Gasteiger partial charge in [0.2, 0.25) is 0 Å². The van der Waals surface area contributed by atoms with E-state index in [0.29, 0.717) is 16.3 Å². The van der Waals surface area contributed by atoms with Crippen LogP contribution < -0.4 is 10.6 Å². The maximum atomic E-state index is 12.3. The first-order valence-electron chi connectivity index (χ1n) is 9.12. The Kier molecular flexibility index (Phi) is 5.92. The van der Waals surface area contributed by atoms with Gasteiger partial charge in [0.1, 0.15) is 0 Å². The van der Waals surface area contributed by atoms with Crippen molar-refractivity contribution in [2.24, 2.45) is 0 Å². The van der Waals surface area contributed by atoms with Gasteiger partial charge in [0.15, 0.2) is 5.13 Å². The monoisotopic (exact) mass is 450 g/mol. The first kappa shape index (κ1) is 20.5. The van der Waals surface area contributed by atoms with Gasteiger partial charge in [-0.25, -0.2) is 4.98 Å². The van der Waals surface area contributed by atoms with Gasteiger partial charge in [0.25, 0.3) is 11.6 Å². The molecule has 154 valence electrons. The highest BCUT2D eigenvalue weighted by atomic mass is 35.5. The van der Waals surface area contributed by atoms with Gasteiger partial charge in [-0.15, -0.1) is 11.3 Å². The Morgan fingerprint density at radius 3 is 2.42 bits per heavy atom. The SMILES string of the molecule is O=C(Nc1ccc(-c2csc(Nc3cccc(Cl)c3)n2)cc1)c1ccc([N+](=O)[O-])cc1. The molecule has 1 heterocycles. The zero-order chi connectivity index (χ0) is 21.8. The number of aromatic nitrogens is 1. The Labute approximate surface area is 186 Å². The highest BCUT2D eigenvalue weighted by Crippen LogP contribution is 2.28. The van der Waals surface area contributed by atoms with Crippen molar-refractivity contribution in [1.29, 1.82) is 0 Å². The summed E-state index contributed by atoms with van der Waals surface area (Å²) in [5.74, 6) is -0.343. The molecule has 0 bridgehead atoms. The summed E-state index contributed by atoms with van der Waals surface area (Å²) in [6, 6.07) is 20.1. The molecule has 0 radical (unpaired) electrons. The van der Waals surface area contributed by atoms with Crippen LogP contribution in [0.1, 0.15) is 10.4 Å². The van der Waals surface area contributed by atoms with E-state index in [2.05, 4.69) is 15.6 Å².